The first kappa shape index (κ1) is 27.1. The van der Waals surface area contributed by atoms with Crippen LogP contribution < -0.4 is 21.3 Å². The Morgan fingerprint density at radius 3 is 2.33 bits per heavy atom. The molecule has 2 saturated heterocycles. The van der Waals surface area contributed by atoms with Crippen LogP contribution in [-0.4, -0.2) is 79.0 Å². The molecular weight excluding hydrogens is 519 g/mol. The predicted octanol–water partition coefficient (Wildman–Crippen LogP) is 4.29. The van der Waals surface area contributed by atoms with Gasteiger partial charge in [0.15, 0.2) is 16.8 Å². The lowest BCUT2D eigenvalue weighted by molar-refractivity contribution is -0.121. The Balaban J connectivity index is 1.42. The molecular formula is C28H34ClFN8O. The van der Waals surface area contributed by atoms with Crippen molar-refractivity contribution in [2.45, 2.75) is 12.8 Å². The van der Waals surface area contributed by atoms with Crippen LogP contribution in [0.5, 0.6) is 0 Å². The van der Waals surface area contributed by atoms with Gasteiger partial charge in [-0.3, -0.25) is 4.79 Å². The van der Waals surface area contributed by atoms with Crippen molar-refractivity contribution in [1.29, 1.82) is 0 Å². The second-order valence-electron chi connectivity index (χ2n) is 10.3. The summed E-state index contributed by atoms with van der Waals surface area (Å²) in [6, 6.07) is 11.0. The summed E-state index contributed by atoms with van der Waals surface area (Å²) >= 11 is 6.10. The van der Waals surface area contributed by atoms with Gasteiger partial charge in [-0.2, -0.15) is 0 Å². The summed E-state index contributed by atoms with van der Waals surface area (Å²) in [6.45, 7) is 5.10. The van der Waals surface area contributed by atoms with Crippen LogP contribution in [0.25, 0.3) is 11.1 Å². The van der Waals surface area contributed by atoms with Crippen LogP contribution in [0.3, 0.4) is 0 Å². The number of halogens is 2. The molecule has 0 saturated carbocycles. The minimum Gasteiger partial charge on any atom is -0.393 e. The van der Waals surface area contributed by atoms with Crippen LogP contribution in [0.1, 0.15) is 12.8 Å². The summed E-state index contributed by atoms with van der Waals surface area (Å²) in [5.41, 5.74) is 9.04. The van der Waals surface area contributed by atoms with Gasteiger partial charge in [-0.25, -0.2) is 14.4 Å². The van der Waals surface area contributed by atoms with E-state index < -0.39 is 5.82 Å². The third kappa shape index (κ3) is 6.08. The van der Waals surface area contributed by atoms with Crippen molar-refractivity contribution in [1.82, 2.24) is 19.8 Å². The summed E-state index contributed by atoms with van der Waals surface area (Å²) in [4.78, 5) is 27.4. The highest BCUT2D eigenvalue weighted by molar-refractivity contribution is 6.32. The van der Waals surface area contributed by atoms with Crippen LogP contribution >= 0.6 is 11.6 Å². The molecule has 11 heteroatoms. The van der Waals surface area contributed by atoms with Crippen molar-refractivity contribution in [3.63, 3.8) is 0 Å². The van der Waals surface area contributed by atoms with Crippen molar-refractivity contribution in [2.75, 3.05) is 74.6 Å². The Bertz CT molecular complexity index is 1320. The number of likely N-dealkylation sites (tertiary alicyclic amines) is 1. The van der Waals surface area contributed by atoms with Gasteiger partial charge >= 0.3 is 0 Å². The molecule has 39 heavy (non-hydrogen) atoms. The zero-order chi connectivity index (χ0) is 27.5. The second kappa shape index (κ2) is 11.7. The van der Waals surface area contributed by atoms with Gasteiger partial charge in [0.1, 0.15) is 17.7 Å². The number of hydrogen-bond acceptors (Lipinski definition) is 8. The molecule has 206 valence electrons. The van der Waals surface area contributed by atoms with Crippen molar-refractivity contribution in [3.05, 3.63) is 53.7 Å². The smallest absolute Gasteiger partial charge is 0.227 e. The number of likely N-dealkylation sites (N-methyl/N-ethyl adjacent to an activating group) is 1. The number of nitrogens with one attached hydrogen (secondary N) is 2. The highest BCUT2D eigenvalue weighted by Gasteiger charge is 2.25. The third-order valence-corrected chi connectivity index (χ3v) is 7.90. The van der Waals surface area contributed by atoms with Gasteiger partial charge in [-0.1, -0.05) is 23.7 Å². The molecule has 1 aromatic heterocycles. The van der Waals surface area contributed by atoms with Crippen LogP contribution in [0, 0.1) is 11.7 Å². The van der Waals surface area contributed by atoms with E-state index in [0.29, 0.717) is 16.8 Å². The largest absolute Gasteiger partial charge is 0.393 e. The summed E-state index contributed by atoms with van der Waals surface area (Å²) in [7, 11) is 4.14. The van der Waals surface area contributed by atoms with E-state index in [1.54, 1.807) is 6.07 Å². The summed E-state index contributed by atoms with van der Waals surface area (Å²) < 4.78 is 16.3. The molecule has 5 rings (SSSR count). The molecule has 2 aromatic carbocycles. The van der Waals surface area contributed by atoms with Crippen LogP contribution in [0.15, 0.2) is 42.7 Å². The van der Waals surface area contributed by atoms with Crippen LogP contribution in [-0.2, 0) is 4.79 Å². The van der Waals surface area contributed by atoms with E-state index in [4.69, 9.17) is 17.3 Å². The summed E-state index contributed by atoms with van der Waals surface area (Å²) in [6.07, 6.45) is 2.99. The minimum absolute atomic E-state index is 0.0109. The van der Waals surface area contributed by atoms with E-state index in [0.717, 1.165) is 57.8 Å². The highest BCUT2D eigenvalue weighted by atomic mass is 35.5. The Morgan fingerprint density at radius 1 is 0.974 bits per heavy atom. The lowest BCUT2D eigenvalue weighted by Gasteiger charge is -2.35. The number of nitrogen functional groups attached to an aromatic ring is 1. The zero-order valence-corrected chi connectivity index (χ0v) is 23.0. The minimum atomic E-state index is -0.427. The fourth-order valence-electron chi connectivity index (χ4n) is 5.06. The van der Waals surface area contributed by atoms with Gasteiger partial charge < -0.3 is 31.1 Å². The predicted molar refractivity (Wildman–Crippen MR) is 155 cm³/mol. The molecule has 0 atom stereocenters. The van der Waals surface area contributed by atoms with Gasteiger partial charge in [0, 0.05) is 43.3 Å². The number of nitrogens with zero attached hydrogens (tertiary/aromatic N) is 5. The highest BCUT2D eigenvalue weighted by Crippen LogP contribution is 2.39. The maximum Gasteiger partial charge on any atom is 0.227 e. The number of piperidine rings is 1. The van der Waals surface area contributed by atoms with Gasteiger partial charge in [0.25, 0.3) is 0 Å². The monoisotopic (exact) mass is 552 g/mol. The molecule has 2 fully saturated rings. The van der Waals surface area contributed by atoms with E-state index in [-0.39, 0.29) is 34.2 Å². The van der Waals surface area contributed by atoms with E-state index in [1.807, 2.05) is 30.3 Å². The van der Waals surface area contributed by atoms with Crippen LogP contribution in [0.2, 0.25) is 5.15 Å². The molecule has 3 aromatic rings. The van der Waals surface area contributed by atoms with Crippen molar-refractivity contribution >= 4 is 46.1 Å². The lowest BCUT2D eigenvalue weighted by Crippen LogP contribution is -2.44. The topological polar surface area (TPSA) is 103 Å². The van der Waals surface area contributed by atoms with E-state index in [9.17, 15) is 4.79 Å². The van der Waals surface area contributed by atoms with E-state index in [2.05, 4.69) is 49.4 Å². The van der Waals surface area contributed by atoms with Gasteiger partial charge in [-0.05, 0) is 69.9 Å². The number of anilines is 5. The molecule has 0 aliphatic carbocycles. The number of rotatable bonds is 6. The molecule has 1 amide bonds. The second-order valence-corrected chi connectivity index (χ2v) is 10.7. The molecule has 4 N–H and O–H groups in total. The number of amides is 1. The molecule has 0 unspecified atom stereocenters. The van der Waals surface area contributed by atoms with Crippen molar-refractivity contribution < 1.29 is 9.18 Å². The molecule has 3 heterocycles. The standard InChI is InChI=1S/C28H34ClFN8O/c1-36-11-9-19(10-12-36)28(39)34-20-5-3-18(4-6-20)21-7-8-22(38-15-13-37(2)14-16-38)25(23(21)30)35-27-24(31)26(29)32-17-33-27/h3-8,17,19H,9-16,31H2,1-2H3,(H,34,39)(H,32,33,35). The van der Waals surface area contributed by atoms with E-state index in [1.165, 1.54) is 6.33 Å². The Hall–Kier alpha value is -3.47. The third-order valence-electron chi connectivity index (χ3n) is 7.60. The molecule has 0 radical (unpaired) electrons. The Kier molecular flexibility index (Phi) is 8.15. The fourth-order valence-corrected chi connectivity index (χ4v) is 5.19. The van der Waals surface area contributed by atoms with E-state index >= 15 is 4.39 Å². The normalized spacial score (nSPS) is 17.3. The first-order valence-electron chi connectivity index (χ1n) is 13.2. The number of hydrogen-bond donors (Lipinski definition) is 3. The molecule has 2 aliphatic heterocycles. The Labute approximate surface area is 233 Å². The molecule has 0 bridgehead atoms. The van der Waals surface area contributed by atoms with Gasteiger partial charge in [0.05, 0.1) is 5.69 Å². The average Bonchev–Trinajstić information content (AvgIpc) is 2.93. The molecule has 0 spiro atoms. The summed E-state index contributed by atoms with van der Waals surface area (Å²) in [5.74, 6) is -0.139. The summed E-state index contributed by atoms with van der Waals surface area (Å²) in [5, 5.41) is 6.21. The first-order chi connectivity index (χ1) is 18.8. The number of aromatic nitrogens is 2. The maximum absolute atomic E-state index is 16.3. The molecule has 2 aliphatic rings. The first-order valence-corrected chi connectivity index (χ1v) is 13.6. The fraction of sp³-hybridized carbons (Fsp3) is 0.393. The van der Waals surface area contributed by atoms with Crippen molar-refractivity contribution in [2.24, 2.45) is 5.92 Å². The Morgan fingerprint density at radius 2 is 1.64 bits per heavy atom. The number of benzene rings is 2. The number of carbonyl (C=O) groups is 1. The SMILES string of the molecule is CN1CCC(C(=O)Nc2ccc(-c3ccc(N4CCN(C)CC4)c(Nc4ncnc(Cl)c4N)c3F)cc2)CC1. The quantitative estimate of drug-likeness (QED) is 0.389. The zero-order valence-electron chi connectivity index (χ0n) is 22.3. The van der Waals surface area contributed by atoms with Crippen LogP contribution in [0.4, 0.5) is 33.0 Å². The lowest BCUT2D eigenvalue weighted by atomic mass is 9.96. The van der Waals surface area contributed by atoms with Gasteiger partial charge in [-0.15, -0.1) is 0 Å². The van der Waals surface area contributed by atoms with Crippen molar-refractivity contribution in [3.8, 4) is 11.1 Å². The van der Waals surface area contributed by atoms with Gasteiger partial charge in [0.2, 0.25) is 5.91 Å². The molecule has 9 nitrogen and oxygen atoms in total. The maximum atomic E-state index is 16.3. The number of piperazine rings is 1. The average molecular weight is 553 g/mol. The number of nitrogens with two attached hydrogens (primary N) is 1. The number of carbonyl (C=O) groups excluding carboxylic acids is 1.